The van der Waals surface area contributed by atoms with Gasteiger partial charge >= 0.3 is 0 Å². The summed E-state index contributed by atoms with van der Waals surface area (Å²) in [5.74, 6) is 1.20. The maximum Gasteiger partial charge on any atom is 0.274 e. The molecule has 1 aromatic carbocycles. The van der Waals surface area contributed by atoms with Gasteiger partial charge in [0.05, 0.1) is 11.0 Å². The van der Waals surface area contributed by atoms with Gasteiger partial charge in [-0.25, -0.2) is 9.97 Å². The second-order valence-corrected chi connectivity index (χ2v) is 7.25. The van der Waals surface area contributed by atoms with Crippen LogP contribution in [0.2, 0.25) is 0 Å². The predicted molar refractivity (Wildman–Crippen MR) is 104 cm³/mol. The van der Waals surface area contributed by atoms with Crippen LogP contribution in [0.1, 0.15) is 40.8 Å². The molecule has 1 aliphatic heterocycles. The Morgan fingerprint density at radius 3 is 2.89 bits per heavy atom. The summed E-state index contributed by atoms with van der Waals surface area (Å²) in [5, 5.41) is 0. The number of aromatic nitrogens is 4. The number of hydrogen-bond acceptors (Lipinski definition) is 3. The van der Waals surface area contributed by atoms with Crippen LogP contribution in [0.15, 0.2) is 48.7 Å². The number of hydrogen-bond donors (Lipinski definition) is 1. The van der Waals surface area contributed by atoms with E-state index in [0.717, 1.165) is 47.6 Å². The molecule has 1 N–H and O–H groups in total. The van der Waals surface area contributed by atoms with Gasteiger partial charge in [-0.2, -0.15) is 0 Å². The number of para-hydroxylation sites is 2. The maximum absolute atomic E-state index is 13.0. The topological polar surface area (TPSA) is 66.3 Å². The van der Waals surface area contributed by atoms with Crippen LogP contribution in [0.3, 0.4) is 0 Å². The summed E-state index contributed by atoms with van der Waals surface area (Å²) < 4.78 is 1.97. The van der Waals surface area contributed by atoms with Gasteiger partial charge in [0.25, 0.3) is 5.91 Å². The normalized spacial score (nSPS) is 17.7. The van der Waals surface area contributed by atoms with Crippen molar-refractivity contribution in [3.8, 4) is 0 Å². The third kappa shape index (κ3) is 2.77. The van der Waals surface area contributed by atoms with Crippen molar-refractivity contribution >= 4 is 22.6 Å². The lowest BCUT2D eigenvalue weighted by Crippen LogP contribution is -2.39. The Morgan fingerprint density at radius 2 is 2.04 bits per heavy atom. The number of carbonyl (C=O) groups is 1. The third-order valence-corrected chi connectivity index (χ3v) is 5.42. The van der Waals surface area contributed by atoms with E-state index >= 15 is 0 Å². The summed E-state index contributed by atoms with van der Waals surface area (Å²) in [6, 6.07) is 14.0. The molecule has 27 heavy (non-hydrogen) atoms. The number of aryl methyl sites for hydroxylation is 1. The second-order valence-electron chi connectivity index (χ2n) is 7.25. The number of nitrogens with zero attached hydrogens (tertiary/aromatic N) is 4. The first-order valence-corrected chi connectivity index (χ1v) is 9.38. The smallest absolute Gasteiger partial charge is 0.274 e. The summed E-state index contributed by atoms with van der Waals surface area (Å²) in [5.41, 5.74) is 4.41. The zero-order valence-corrected chi connectivity index (χ0v) is 15.2. The summed E-state index contributed by atoms with van der Waals surface area (Å²) in [7, 11) is 0. The quantitative estimate of drug-likeness (QED) is 0.595. The van der Waals surface area contributed by atoms with Crippen molar-refractivity contribution in [2.75, 3.05) is 13.1 Å². The number of aromatic amines is 1. The molecular formula is C21H21N5O. The van der Waals surface area contributed by atoms with Crippen LogP contribution in [-0.4, -0.2) is 43.2 Å². The minimum absolute atomic E-state index is 0.00101. The van der Waals surface area contributed by atoms with E-state index in [-0.39, 0.29) is 11.8 Å². The van der Waals surface area contributed by atoms with Crippen LogP contribution in [0.25, 0.3) is 16.7 Å². The molecule has 3 aromatic heterocycles. The van der Waals surface area contributed by atoms with Crippen LogP contribution in [0, 0.1) is 6.92 Å². The summed E-state index contributed by atoms with van der Waals surface area (Å²) >= 11 is 0. The molecule has 5 rings (SSSR count). The molecule has 0 radical (unpaired) electrons. The van der Waals surface area contributed by atoms with E-state index in [1.165, 1.54) is 0 Å². The van der Waals surface area contributed by atoms with Gasteiger partial charge in [0.2, 0.25) is 0 Å². The predicted octanol–water partition coefficient (Wildman–Crippen LogP) is 3.54. The summed E-state index contributed by atoms with van der Waals surface area (Å²) in [4.78, 5) is 27.7. The fraction of sp³-hybridized carbons (Fsp3) is 0.286. The largest absolute Gasteiger partial charge is 0.342 e. The van der Waals surface area contributed by atoms with Crippen LogP contribution < -0.4 is 0 Å². The molecule has 136 valence electrons. The molecule has 1 amide bonds. The first kappa shape index (κ1) is 16.1. The van der Waals surface area contributed by atoms with E-state index in [0.29, 0.717) is 12.2 Å². The Balaban J connectivity index is 1.41. The number of pyridine rings is 1. The van der Waals surface area contributed by atoms with E-state index in [9.17, 15) is 4.79 Å². The van der Waals surface area contributed by atoms with Crippen molar-refractivity contribution in [3.05, 3.63) is 65.9 Å². The summed E-state index contributed by atoms with van der Waals surface area (Å²) in [6.07, 6.45) is 3.85. The van der Waals surface area contributed by atoms with Crippen molar-refractivity contribution in [3.63, 3.8) is 0 Å². The van der Waals surface area contributed by atoms with Gasteiger partial charge < -0.3 is 14.3 Å². The molecule has 6 nitrogen and oxygen atoms in total. The number of fused-ring (bicyclic) bond motifs is 2. The summed E-state index contributed by atoms with van der Waals surface area (Å²) in [6.45, 7) is 3.45. The molecule has 0 bridgehead atoms. The highest BCUT2D eigenvalue weighted by molar-refractivity contribution is 5.93. The number of benzene rings is 1. The second kappa shape index (κ2) is 6.23. The number of rotatable bonds is 2. The van der Waals surface area contributed by atoms with Gasteiger partial charge in [-0.15, -0.1) is 0 Å². The van der Waals surface area contributed by atoms with Gasteiger partial charge in [-0.05, 0) is 44.0 Å². The molecule has 6 heteroatoms. The lowest BCUT2D eigenvalue weighted by atomic mass is 9.97. The van der Waals surface area contributed by atoms with Crippen LogP contribution in [0.5, 0.6) is 0 Å². The van der Waals surface area contributed by atoms with Crippen LogP contribution in [0.4, 0.5) is 0 Å². The van der Waals surface area contributed by atoms with Crippen LogP contribution in [-0.2, 0) is 0 Å². The number of imidazole rings is 2. The molecule has 1 fully saturated rings. The highest BCUT2D eigenvalue weighted by atomic mass is 16.2. The van der Waals surface area contributed by atoms with Crippen molar-refractivity contribution in [2.24, 2.45) is 0 Å². The molecule has 1 aliphatic rings. The van der Waals surface area contributed by atoms with Crippen molar-refractivity contribution in [2.45, 2.75) is 25.7 Å². The first-order chi connectivity index (χ1) is 13.2. The zero-order chi connectivity index (χ0) is 18.4. The molecule has 0 saturated carbocycles. The Kier molecular flexibility index (Phi) is 3.70. The molecule has 4 aromatic rings. The maximum atomic E-state index is 13.0. The van der Waals surface area contributed by atoms with Crippen molar-refractivity contribution < 1.29 is 4.79 Å². The standard InChI is InChI=1S/C21H21N5O/c1-14-6-4-10-19-22-18(13-26(14)19)21(27)25-11-5-7-15(12-25)20-23-16-8-2-3-9-17(16)24-20/h2-4,6,8-10,13,15H,5,7,11-12H2,1H3,(H,23,24)/t15-/m1/s1. The average Bonchev–Trinajstić information content (AvgIpc) is 3.32. The van der Waals surface area contributed by atoms with E-state index in [2.05, 4.69) is 9.97 Å². The Labute approximate surface area is 156 Å². The monoisotopic (exact) mass is 359 g/mol. The number of nitrogens with one attached hydrogen (secondary N) is 1. The number of amides is 1. The zero-order valence-electron chi connectivity index (χ0n) is 15.2. The number of likely N-dealkylation sites (tertiary alicyclic amines) is 1. The molecule has 1 saturated heterocycles. The van der Waals surface area contributed by atoms with E-state index < -0.39 is 0 Å². The highest BCUT2D eigenvalue weighted by Crippen LogP contribution is 2.27. The molecular weight excluding hydrogens is 338 g/mol. The van der Waals surface area contributed by atoms with Gasteiger partial charge in [0, 0.05) is 30.9 Å². The first-order valence-electron chi connectivity index (χ1n) is 9.38. The van der Waals surface area contributed by atoms with Crippen molar-refractivity contribution in [1.29, 1.82) is 0 Å². The fourth-order valence-corrected chi connectivity index (χ4v) is 3.96. The number of H-pyrrole nitrogens is 1. The Morgan fingerprint density at radius 1 is 1.15 bits per heavy atom. The van der Waals surface area contributed by atoms with E-state index in [1.54, 1.807) is 0 Å². The SMILES string of the molecule is Cc1cccc2nc(C(=O)N3CCC[C@@H](c4nc5ccccc5[nH]4)C3)cn12. The number of piperidine rings is 1. The Bertz CT molecular complexity index is 1110. The Hall–Kier alpha value is -3.15. The van der Waals surface area contributed by atoms with Gasteiger partial charge in [0.15, 0.2) is 0 Å². The van der Waals surface area contributed by atoms with Gasteiger partial charge in [-0.1, -0.05) is 18.2 Å². The number of carbonyl (C=O) groups excluding carboxylic acids is 1. The highest BCUT2D eigenvalue weighted by Gasteiger charge is 2.28. The van der Waals surface area contributed by atoms with E-state index in [1.807, 2.05) is 64.9 Å². The van der Waals surface area contributed by atoms with Crippen LogP contribution >= 0.6 is 0 Å². The minimum atomic E-state index is -0.00101. The molecule has 0 spiro atoms. The third-order valence-electron chi connectivity index (χ3n) is 5.42. The van der Waals surface area contributed by atoms with Crippen molar-refractivity contribution in [1.82, 2.24) is 24.3 Å². The fourth-order valence-electron chi connectivity index (χ4n) is 3.96. The lowest BCUT2D eigenvalue weighted by molar-refractivity contribution is 0.0699. The minimum Gasteiger partial charge on any atom is -0.342 e. The van der Waals surface area contributed by atoms with Gasteiger partial charge in [0.1, 0.15) is 17.2 Å². The molecule has 0 unspecified atom stereocenters. The van der Waals surface area contributed by atoms with Gasteiger partial charge in [-0.3, -0.25) is 4.79 Å². The average molecular weight is 359 g/mol. The lowest BCUT2D eigenvalue weighted by Gasteiger charge is -2.31. The molecule has 4 heterocycles. The van der Waals surface area contributed by atoms with E-state index in [4.69, 9.17) is 4.98 Å². The molecule has 0 aliphatic carbocycles. The molecule has 1 atom stereocenters.